The number of aromatic nitrogens is 1. The summed E-state index contributed by atoms with van der Waals surface area (Å²) in [5.74, 6) is 1.24. The summed E-state index contributed by atoms with van der Waals surface area (Å²) in [4.78, 5) is 18.4. The summed E-state index contributed by atoms with van der Waals surface area (Å²) in [7, 11) is 1.59. The molecule has 0 radical (unpaired) electrons. The van der Waals surface area contributed by atoms with Crippen molar-refractivity contribution >= 4 is 6.03 Å². The van der Waals surface area contributed by atoms with Gasteiger partial charge in [0.2, 0.25) is 5.88 Å². The molecule has 132 valence electrons. The van der Waals surface area contributed by atoms with Gasteiger partial charge in [0.15, 0.2) is 0 Å². The number of pyridine rings is 1. The van der Waals surface area contributed by atoms with Crippen LogP contribution in [0.3, 0.4) is 0 Å². The molecule has 1 aliphatic rings. The van der Waals surface area contributed by atoms with E-state index < -0.39 is 0 Å². The molecule has 0 bridgehead atoms. The average Bonchev–Trinajstić information content (AvgIpc) is 2.68. The van der Waals surface area contributed by atoms with E-state index in [1.54, 1.807) is 19.4 Å². The fourth-order valence-corrected chi connectivity index (χ4v) is 3.21. The Morgan fingerprint density at radius 2 is 1.92 bits per heavy atom. The van der Waals surface area contributed by atoms with Crippen molar-refractivity contribution in [3.63, 3.8) is 0 Å². The van der Waals surface area contributed by atoms with Gasteiger partial charge in [0, 0.05) is 31.9 Å². The number of urea groups is 1. The summed E-state index contributed by atoms with van der Waals surface area (Å²) in [6, 6.07) is 14.3. The molecular formula is C20H25N3O2. The maximum Gasteiger partial charge on any atom is 0.317 e. The molecule has 1 aliphatic heterocycles. The van der Waals surface area contributed by atoms with Crippen molar-refractivity contribution in [2.24, 2.45) is 5.92 Å². The number of likely N-dealkylation sites (tertiary alicyclic amines) is 1. The number of methoxy groups -OCH3 is 1. The van der Waals surface area contributed by atoms with Crippen LogP contribution in [0.5, 0.6) is 5.88 Å². The summed E-state index contributed by atoms with van der Waals surface area (Å²) in [6.07, 6.45) is 4.96. The number of nitrogens with zero attached hydrogens (tertiary/aromatic N) is 2. The molecule has 1 N–H and O–H groups in total. The Morgan fingerprint density at radius 1 is 1.16 bits per heavy atom. The first-order chi connectivity index (χ1) is 12.2. The fraction of sp³-hybridized carbons (Fsp3) is 0.400. The third-order valence-electron chi connectivity index (χ3n) is 4.72. The lowest BCUT2D eigenvalue weighted by Gasteiger charge is -2.32. The Morgan fingerprint density at radius 3 is 2.56 bits per heavy atom. The Balaban J connectivity index is 1.41. The van der Waals surface area contributed by atoms with E-state index in [4.69, 9.17) is 4.74 Å². The predicted octanol–water partition coefficient (Wildman–Crippen LogP) is 3.25. The standard InChI is InChI=1S/C20H25N3O2/c1-25-19-8-7-18(14-21-19)15-22-20(24)23-11-9-17(10-12-23)13-16-5-3-2-4-6-16/h2-8,14,17H,9-13,15H2,1H3,(H,22,24). The van der Waals surface area contributed by atoms with E-state index in [-0.39, 0.29) is 6.03 Å². The molecule has 1 aromatic carbocycles. The van der Waals surface area contributed by atoms with Crippen LogP contribution in [0, 0.1) is 5.92 Å². The lowest BCUT2D eigenvalue weighted by molar-refractivity contribution is 0.170. The van der Waals surface area contributed by atoms with Gasteiger partial charge >= 0.3 is 6.03 Å². The second-order valence-electron chi connectivity index (χ2n) is 6.49. The molecule has 5 heteroatoms. The van der Waals surface area contributed by atoms with E-state index in [0.717, 1.165) is 37.9 Å². The van der Waals surface area contributed by atoms with Crippen molar-refractivity contribution in [2.75, 3.05) is 20.2 Å². The van der Waals surface area contributed by atoms with Crippen molar-refractivity contribution < 1.29 is 9.53 Å². The minimum Gasteiger partial charge on any atom is -0.481 e. The van der Waals surface area contributed by atoms with Gasteiger partial charge in [-0.15, -0.1) is 0 Å². The molecular weight excluding hydrogens is 314 g/mol. The summed E-state index contributed by atoms with van der Waals surface area (Å²) in [6.45, 7) is 2.13. The van der Waals surface area contributed by atoms with E-state index in [1.165, 1.54) is 5.56 Å². The van der Waals surface area contributed by atoms with Gasteiger partial charge in [-0.1, -0.05) is 36.4 Å². The maximum atomic E-state index is 12.3. The van der Waals surface area contributed by atoms with Crippen LogP contribution >= 0.6 is 0 Å². The highest BCUT2D eigenvalue weighted by Gasteiger charge is 2.22. The number of ether oxygens (including phenoxy) is 1. The third kappa shape index (κ3) is 4.95. The van der Waals surface area contributed by atoms with Crippen molar-refractivity contribution in [3.05, 3.63) is 59.8 Å². The zero-order chi connectivity index (χ0) is 17.5. The smallest absolute Gasteiger partial charge is 0.317 e. The quantitative estimate of drug-likeness (QED) is 0.910. The first-order valence-corrected chi connectivity index (χ1v) is 8.80. The van der Waals surface area contributed by atoms with Crippen LogP contribution in [-0.2, 0) is 13.0 Å². The van der Waals surface area contributed by atoms with E-state index in [2.05, 4.69) is 40.6 Å². The van der Waals surface area contributed by atoms with Crippen LogP contribution in [0.4, 0.5) is 4.79 Å². The molecule has 0 aliphatic carbocycles. The summed E-state index contributed by atoms with van der Waals surface area (Å²) in [5, 5.41) is 2.98. The van der Waals surface area contributed by atoms with Crippen LogP contribution < -0.4 is 10.1 Å². The number of hydrogen-bond donors (Lipinski definition) is 1. The first-order valence-electron chi connectivity index (χ1n) is 8.80. The highest BCUT2D eigenvalue weighted by Crippen LogP contribution is 2.21. The maximum absolute atomic E-state index is 12.3. The number of carbonyl (C=O) groups is 1. The van der Waals surface area contributed by atoms with Crippen LogP contribution in [0.2, 0.25) is 0 Å². The lowest BCUT2D eigenvalue weighted by Crippen LogP contribution is -2.44. The molecule has 1 saturated heterocycles. The van der Waals surface area contributed by atoms with Gasteiger partial charge in [-0.2, -0.15) is 0 Å². The number of hydrogen-bond acceptors (Lipinski definition) is 3. The van der Waals surface area contributed by atoms with Crippen molar-refractivity contribution in [1.29, 1.82) is 0 Å². The zero-order valence-electron chi connectivity index (χ0n) is 14.6. The minimum atomic E-state index is 0.00831. The van der Waals surface area contributed by atoms with E-state index in [1.807, 2.05) is 11.0 Å². The SMILES string of the molecule is COc1ccc(CNC(=O)N2CCC(Cc3ccccc3)CC2)cn1. The second-order valence-corrected chi connectivity index (χ2v) is 6.49. The Hall–Kier alpha value is -2.56. The van der Waals surface area contributed by atoms with E-state index >= 15 is 0 Å². The number of carbonyl (C=O) groups excluding carboxylic acids is 1. The highest BCUT2D eigenvalue weighted by molar-refractivity contribution is 5.74. The van der Waals surface area contributed by atoms with E-state index in [0.29, 0.717) is 18.3 Å². The average molecular weight is 339 g/mol. The predicted molar refractivity (Wildman–Crippen MR) is 97.5 cm³/mol. The number of rotatable bonds is 5. The number of nitrogens with one attached hydrogen (secondary N) is 1. The number of piperidine rings is 1. The molecule has 2 amide bonds. The molecule has 1 aromatic heterocycles. The van der Waals surface area contributed by atoms with Crippen LogP contribution in [-0.4, -0.2) is 36.1 Å². The molecule has 2 aromatic rings. The number of benzene rings is 1. The monoisotopic (exact) mass is 339 g/mol. The van der Waals surface area contributed by atoms with Gasteiger partial charge in [0.05, 0.1) is 7.11 Å². The summed E-state index contributed by atoms with van der Waals surface area (Å²) in [5.41, 5.74) is 2.35. The lowest BCUT2D eigenvalue weighted by atomic mass is 9.90. The molecule has 0 spiro atoms. The molecule has 0 atom stereocenters. The molecule has 3 rings (SSSR count). The summed E-state index contributed by atoms with van der Waals surface area (Å²) < 4.78 is 5.04. The Kier molecular flexibility index (Phi) is 5.88. The Labute approximate surface area is 149 Å². The van der Waals surface area contributed by atoms with Crippen LogP contribution in [0.25, 0.3) is 0 Å². The minimum absolute atomic E-state index is 0.00831. The van der Waals surface area contributed by atoms with Gasteiger partial charge in [-0.3, -0.25) is 0 Å². The summed E-state index contributed by atoms with van der Waals surface area (Å²) >= 11 is 0. The van der Waals surface area contributed by atoms with Crippen LogP contribution in [0.1, 0.15) is 24.0 Å². The molecule has 0 unspecified atom stereocenters. The van der Waals surface area contributed by atoms with Gasteiger partial charge in [-0.05, 0) is 36.3 Å². The molecule has 2 heterocycles. The van der Waals surface area contributed by atoms with Crippen molar-refractivity contribution in [2.45, 2.75) is 25.8 Å². The number of amides is 2. The van der Waals surface area contributed by atoms with Crippen molar-refractivity contribution in [3.8, 4) is 5.88 Å². The van der Waals surface area contributed by atoms with E-state index in [9.17, 15) is 4.79 Å². The highest BCUT2D eigenvalue weighted by atomic mass is 16.5. The molecule has 5 nitrogen and oxygen atoms in total. The van der Waals surface area contributed by atoms with Gasteiger partial charge < -0.3 is 15.0 Å². The zero-order valence-corrected chi connectivity index (χ0v) is 14.6. The normalized spacial score (nSPS) is 15.0. The van der Waals surface area contributed by atoms with Gasteiger partial charge in [0.1, 0.15) is 0 Å². The second kappa shape index (κ2) is 8.51. The largest absolute Gasteiger partial charge is 0.481 e. The van der Waals surface area contributed by atoms with Gasteiger partial charge in [-0.25, -0.2) is 9.78 Å². The van der Waals surface area contributed by atoms with Crippen molar-refractivity contribution in [1.82, 2.24) is 15.2 Å². The molecule has 0 saturated carbocycles. The topological polar surface area (TPSA) is 54.5 Å². The van der Waals surface area contributed by atoms with Crippen LogP contribution in [0.15, 0.2) is 48.7 Å². The Bertz CT molecular complexity index is 665. The molecule has 1 fully saturated rings. The first kappa shape index (κ1) is 17.3. The fourth-order valence-electron chi connectivity index (χ4n) is 3.21. The molecule has 25 heavy (non-hydrogen) atoms. The van der Waals surface area contributed by atoms with Gasteiger partial charge in [0.25, 0.3) is 0 Å². The third-order valence-corrected chi connectivity index (χ3v) is 4.72.